The van der Waals surface area contributed by atoms with Crippen molar-refractivity contribution >= 4 is 11.9 Å². The average molecular weight is 475 g/mol. The summed E-state index contributed by atoms with van der Waals surface area (Å²) in [6.07, 6.45) is 3.53. The van der Waals surface area contributed by atoms with Crippen molar-refractivity contribution in [2.24, 2.45) is 5.73 Å². The maximum Gasteiger partial charge on any atom is 0.375 e. The molecule has 0 saturated heterocycles. The minimum atomic E-state index is -1.34. The topological polar surface area (TPSA) is 85.8 Å². The van der Waals surface area contributed by atoms with Gasteiger partial charge in [-0.3, -0.25) is 4.79 Å². The highest BCUT2D eigenvalue weighted by Gasteiger charge is 2.50. The number of carbonyl (C=O) groups is 2. The van der Waals surface area contributed by atoms with Crippen LogP contribution < -0.4 is 5.73 Å². The van der Waals surface area contributed by atoms with Gasteiger partial charge in [0.1, 0.15) is 5.76 Å². The number of nitrogens with zero attached hydrogens (tertiary/aromatic N) is 1. The van der Waals surface area contributed by atoms with Crippen molar-refractivity contribution in [2.75, 3.05) is 14.1 Å². The van der Waals surface area contributed by atoms with Gasteiger partial charge in [-0.25, -0.2) is 4.79 Å². The predicted molar refractivity (Wildman–Crippen MR) is 135 cm³/mol. The van der Waals surface area contributed by atoms with E-state index < -0.39 is 17.5 Å². The lowest BCUT2D eigenvalue weighted by atomic mass is 9.70. The van der Waals surface area contributed by atoms with Crippen LogP contribution in [0.15, 0.2) is 71.1 Å². The number of hydrogen-bond acceptors (Lipinski definition) is 5. The number of rotatable bonds is 8. The molecule has 0 radical (unpaired) electrons. The molecule has 1 heterocycles. The molecule has 35 heavy (non-hydrogen) atoms. The summed E-state index contributed by atoms with van der Waals surface area (Å²) in [5.74, 6) is -0.519. The molecule has 6 nitrogen and oxygen atoms in total. The third-order valence-corrected chi connectivity index (χ3v) is 7.37. The summed E-state index contributed by atoms with van der Waals surface area (Å²) < 4.78 is 11.6. The van der Waals surface area contributed by atoms with Gasteiger partial charge >= 0.3 is 5.97 Å². The zero-order valence-corrected chi connectivity index (χ0v) is 20.8. The van der Waals surface area contributed by atoms with Crippen molar-refractivity contribution < 1.29 is 18.7 Å². The molecule has 6 heteroatoms. The number of aryl methyl sites for hydroxylation is 1. The SMILES string of the molecule is Cc1cccc(CC2(N(C)C)CCC(OC(=O)c3ccc(Cc4ccccc4)o3)(C(N)=O)CC2)c1. The minimum Gasteiger partial charge on any atom is -0.454 e. The van der Waals surface area contributed by atoms with E-state index in [9.17, 15) is 9.59 Å². The van der Waals surface area contributed by atoms with Crippen molar-refractivity contribution in [2.45, 2.75) is 56.6 Å². The second-order valence-electron chi connectivity index (χ2n) is 9.96. The van der Waals surface area contributed by atoms with Crippen molar-refractivity contribution in [1.29, 1.82) is 0 Å². The summed E-state index contributed by atoms with van der Waals surface area (Å²) in [5.41, 5.74) is 7.88. The quantitative estimate of drug-likeness (QED) is 0.479. The van der Waals surface area contributed by atoms with E-state index in [-0.39, 0.29) is 11.3 Å². The predicted octanol–water partition coefficient (Wildman–Crippen LogP) is 4.68. The van der Waals surface area contributed by atoms with Gasteiger partial charge in [0.25, 0.3) is 5.91 Å². The second kappa shape index (κ2) is 10.1. The molecule has 0 spiro atoms. The van der Waals surface area contributed by atoms with Gasteiger partial charge in [-0.1, -0.05) is 60.2 Å². The van der Waals surface area contributed by atoms with E-state index in [0.29, 0.717) is 37.9 Å². The first-order valence-electron chi connectivity index (χ1n) is 12.1. The number of nitrogens with two attached hydrogens (primary N) is 1. The molecule has 0 unspecified atom stereocenters. The fourth-order valence-electron chi connectivity index (χ4n) is 5.11. The third-order valence-electron chi connectivity index (χ3n) is 7.37. The molecule has 2 N–H and O–H groups in total. The van der Waals surface area contributed by atoms with Crippen LogP contribution in [0.1, 0.15) is 58.7 Å². The van der Waals surface area contributed by atoms with Gasteiger partial charge in [0.2, 0.25) is 5.76 Å². The van der Waals surface area contributed by atoms with Crippen molar-refractivity contribution in [3.05, 3.63) is 94.9 Å². The van der Waals surface area contributed by atoms with Crippen LogP contribution in [-0.4, -0.2) is 42.0 Å². The molecule has 2 aromatic carbocycles. The molecule has 1 amide bonds. The van der Waals surface area contributed by atoms with Gasteiger partial charge < -0.3 is 19.8 Å². The first-order valence-corrected chi connectivity index (χ1v) is 12.1. The van der Waals surface area contributed by atoms with Gasteiger partial charge in [-0.05, 0) is 76.4 Å². The number of carbonyl (C=O) groups excluding carboxylic acids is 2. The summed E-state index contributed by atoms with van der Waals surface area (Å²) in [6.45, 7) is 2.09. The number of likely N-dealkylation sites (N-methyl/N-ethyl adjacent to an activating group) is 1. The van der Waals surface area contributed by atoms with Crippen LogP contribution in [0.25, 0.3) is 0 Å². The highest BCUT2D eigenvalue weighted by Crippen LogP contribution is 2.42. The van der Waals surface area contributed by atoms with Crippen LogP contribution >= 0.6 is 0 Å². The lowest BCUT2D eigenvalue weighted by Gasteiger charge is -2.48. The normalized spacial score (nSPS) is 22.2. The number of esters is 1. The second-order valence-corrected chi connectivity index (χ2v) is 9.96. The highest BCUT2D eigenvalue weighted by molar-refractivity contribution is 5.92. The number of ether oxygens (including phenoxy) is 1. The molecular weight excluding hydrogens is 440 g/mol. The first-order chi connectivity index (χ1) is 16.7. The number of furan rings is 1. The molecule has 1 aliphatic carbocycles. The summed E-state index contributed by atoms with van der Waals surface area (Å²) in [5, 5.41) is 0. The van der Waals surface area contributed by atoms with E-state index >= 15 is 0 Å². The molecule has 184 valence electrons. The Morgan fingerprint density at radius 1 is 0.943 bits per heavy atom. The summed E-state index contributed by atoms with van der Waals surface area (Å²) in [4.78, 5) is 27.8. The molecule has 1 aromatic heterocycles. The van der Waals surface area contributed by atoms with Crippen LogP contribution in [-0.2, 0) is 22.4 Å². The molecule has 1 aliphatic rings. The van der Waals surface area contributed by atoms with E-state index in [1.807, 2.05) is 30.3 Å². The van der Waals surface area contributed by atoms with Crippen molar-refractivity contribution in [3.8, 4) is 0 Å². The first kappa shape index (κ1) is 24.7. The van der Waals surface area contributed by atoms with Gasteiger partial charge in [-0.2, -0.15) is 0 Å². The minimum absolute atomic E-state index is 0.0840. The van der Waals surface area contributed by atoms with Crippen LogP contribution in [0.3, 0.4) is 0 Å². The Morgan fingerprint density at radius 3 is 2.26 bits per heavy atom. The van der Waals surface area contributed by atoms with Crippen molar-refractivity contribution in [3.63, 3.8) is 0 Å². The Morgan fingerprint density at radius 2 is 1.63 bits per heavy atom. The summed E-state index contributed by atoms with van der Waals surface area (Å²) in [7, 11) is 4.13. The average Bonchev–Trinajstić information content (AvgIpc) is 3.29. The summed E-state index contributed by atoms with van der Waals surface area (Å²) >= 11 is 0. The monoisotopic (exact) mass is 474 g/mol. The fraction of sp³-hybridized carbons (Fsp3) is 0.379. The summed E-state index contributed by atoms with van der Waals surface area (Å²) in [6, 6.07) is 21.7. The Hall–Kier alpha value is -3.38. The van der Waals surface area contributed by atoms with E-state index in [1.54, 1.807) is 12.1 Å². The van der Waals surface area contributed by atoms with E-state index in [0.717, 1.165) is 12.0 Å². The fourth-order valence-corrected chi connectivity index (χ4v) is 5.11. The van der Waals surface area contributed by atoms with Gasteiger partial charge in [0.05, 0.1) is 0 Å². The Labute approximate surface area is 207 Å². The highest BCUT2D eigenvalue weighted by atomic mass is 16.6. The van der Waals surface area contributed by atoms with Gasteiger partial charge in [0, 0.05) is 12.0 Å². The Bertz CT molecular complexity index is 1170. The van der Waals surface area contributed by atoms with Crippen LogP contribution in [0.4, 0.5) is 0 Å². The zero-order valence-electron chi connectivity index (χ0n) is 20.8. The smallest absolute Gasteiger partial charge is 0.375 e. The molecule has 1 saturated carbocycles. The zero-order chi connectivity index (χ0) is 25.1. The molecule has 0 bridgehead atoms. The molecule has 4 rings (SSSR count). The van der Waals surface area contributed by atoms with E-state index in [4.69, 9.17) is 14.9 Å². The maximum absolute atomic E-state index is 13.0. The van der Waals surface area contributed by atoms with Gasteiger partial charge in [-0.15, -0.1) is 0 Å². The van der Waals surface area contributed by atoms with Crippen LogP contribution in [0, 0.1) is 6.92 Å². The van der Waals surface area contributed by atoms with E-state index in [1.165, 1.54) is 11.1 Å². The molecule has 0 atom stereocenters. The standard InChI is InChI=1S/C29H34N2O4/c1-21-8-7-11-23(18-21)20-28(31(2)3)14-16-29(17-15-28,27(30)33)35-26(32)25-13-12-24(34-25)19-22-9-5-4-6-10-22/h4-13,18H,14-17,19-20H2,1-3H3,(H2,30,33). The number of benzene rings is 2. The van der Waals surface area contributed by atoms with Crippen LogP contribution in [0.5, 0.6) is 0 Å². The third kappa shape index (κ3) is 5.49. The maximum atomic E-state index is 13.0. The molecular formula is C29H34N2O4. The number of amides is 1. The molecule has 3 aromatic rings. The van der Waals surface area contributed by atoms with Crippen molar-refractivity contribution in [1.82, 2.24) is 4.90 Å². The van der Waals surface area contributed by atoms with Gasteiger partial charge in [0.15, 0.2) is 5.60 Å². The number of primary amides is 1. The Kier molecular flexibility index (Phi) is 7.13. The number of hydrogen-bond donors (Lipinski definition) is 1. The van der Waals surface area contributed by atoms with E-state index in [2.05, 4.69) is 50.2 Å². The van der Waals surface area contributed by atoms with Crippen LogP contribution in [0.2, 0.25) is 0 Å². The molecule has 1 fully saturated rings. The lowest BCUT2D eigenvalue weighted by molar-refractivity contribution is -0.144. The Balaban J connectivity index is 1.47. The lowest BCUT2D eigenvalue weighted by Crippen LogP contribution is -2.57. The molecule has 0 aliphatic heterocycles. The largest absolute Gasteiger partial charge is 0.454 e.